The van der Waals surface area contributed by atoms with Crippen molar-refractivity contribution >= 4 is 5.69 Å². The van der Waals surface area contributed by atoms with E-state index in [-0.39, 0.29) is 11.4 Å². The van der Waals surface area contributed by atoms with Crippen LogP contribution in [0.2, 0.25) is 0 Å². The van der Waals surface area contributed by atoms with Gasteiger partial charge in [0.25, 0.3) is 0 Å². The molecule has 72 valence electrons. The standard InChI is InChI=1S/C7H7NO3.C2H6/c1-5-2-3-6(8(10)11)7(9)4-5;1-2/h2-4,9H,1H3;1-2H3. The van der Waals surface area contributed by atoms with E-state index in [2.05, 4.69) is 0 Å². The molecule has 1 N–H and O–H groups in total. The summed E-state index contributed by atoms with van der Waals surface area (Å²) in [6.45, 7) is 5.75. The van der Waals surface area contributed by atoms with Crippen molar-refractivity contribution in [2.45, 2.75) is 20.8 Å². The van der Waals surface area contributed by atoms with Gasteiger partial charge in [-0.25, -0.2) is 0 Å². The first-order chi connectivity index (χ1) is 6.11. The van der Waals surface area contributed by atoms with Crippen molar-refractivity contribution in [1.82, 2.24) is 0 Å². The minimum absolute atomic E-state index is 0.254. The Balaban J connectivity index is 0.000000671. The Morgan fingerprint density at radius 2 is 1.92 bits per heavy atom. The number of aromatic hydroxyl groups is 1. The van der Waals surface area contributed by atoms with Gasteiger partial charge in [-0.05, 0) is 18.6 Å². The number of rotatable bonds is 1. The normalized spacial score (nSPS) is 8.54. The highest BCUT2D eigenvalue weighted by atomic mass is 16.6. The number of hydrogen-bond acceptors (Lipinski definition) is 3. The fourth-order valence-corrected chi connectivity index (χ4v) is 0.788. The number of phenolic OH excluding ortho intramolecular Hbond substituents is 1. The van der Waals surface area contributed by atoms with Gasteiger partial charge in [0.15, 0.2) is 5.75 Å². The first kappa shape index (κ1) is 11.4. The van der Waals surface area contributed by atoms with E-state index in [1.54, 1.807) is 13.0 Å². The van der Waals surface area contributed by atoms with Crippen LogP contribution >= 0.6 is 0 Å². The lowest BCUT2D eigenvalue weighted by Crippen LogP contribution is -1.88. The Bertz CT molecular complexity index is 297. The molecular formula is C9H13NO3. The maximum atomic E-state index is 10.2. The van der Waals surface area contributed by atoms with Gasteiger partial charge in [-0.15, -0.1) is 0 Å². The van der Waals surface area contributed by atoms with Gasteiger partial charge in [0.2, 0.25) is 0 Å². The Hall–Kier alpha value is -1.58. The highest BCUT2D eigenvalue weighted by molar-refractivity contribution is 5.46. The lowest BCUT2D eigenvalue weighted by molar-refractivity contribution is -0.385. The predicted molar refractivity (Wildman–Crippen MR) is 50.8 cm³/mol. The van der Waals surface area contributed by atoms with E-state index in [1.165, 1.54) is 12.1 Å². The summed E-state index contributed by atoms with van der Waals surface area (Å²) in [6.07, 6.45) is 0. The van der Waals surface area contributed by atoms with E-state index in [1.807, 2.05) is 13.8 Å². The van der Waals surface area contributed by atoms with Gasteiger partial charge < -0.3 is 5.11 Å². The van der Waals surface area contributed by atoms with Gasteiger partial charge in [-0.2, -0.15) is 0 Å². The molecule has 0 heterocycles. The number of nitro benzene ring substituents is 1. The smallest absolute Gasteiger partial charge is 0.310 e. The van der Waals surface area contributed by atoms with Gasteiger partial charge in [0.05, 0.1) is 4.92 Å². The van der Waals surface area contributed by atoms with Crippen molar-refractivity contribution in [3.8, 4) is 5.75 Å². The van der Waals surface area contributed by atoms with Gasteiger partial charge >= 0.3 is 5.69 Å². The molecule has 4 heteroatoms. The zero-order valence-electron chi connectivity index (χ0n) is 7.94. The zero-order chi connectivity index (χ0) is 10.4. The predicted octanol–water partition coefficient (Wildman–Crippen LogP) is 2.64. The van der Waals surface area contributed by atoms with Crippen LogP contribution in [-0.4, -0.2) is 10.0 Å². The van der Waals surface area contributed by atoms with Crippen LogP contribution in [0.15, 0.2) is 18.2 Å². The molecule has 0 fully saturated rings. The van der Waals surface area contributed by atoms with Gasteiger partial charge in [-0.3, -0.25) is 10.1 Å². The summed E-state index contributed by atoms with van der Waals surface area (Å²) in [7, 11) is 0. The first-order valence-electron chi connectivity index (χ1n) is 4.05. The Labute approximate surface area is 77.0 Å². The average molecular weight is 183 g/mol. The molecular weight excluding hydrogens is 170 g/mol. The van der Waals surface area contributed by atoms with Crippen molar-refractivity contribution in [1.29, 1.82) is 0 Å². The van der Waals surface area contributed by atoms with Crippen LogP contribution in [0.5, 0.6) is 5.75 Å². The molecule has 0 aromatic heterocycles. The highest BCUT2D eigenvalue weighted by Crippen LogP contribution is 2.25. The van der Waals surface area contributed by atoms with Crippen LogP contribution in [0, 0.1) is 17.0 Å². The molecule has 0 saturated heterocycles. The van der Waals surface area contributed by atoms with Crippen LogP contribution in [0.25, 0.3) is 0 Å². The van der Waals surface area contributed by atoms with Crippen molar-refractivity contribution < 1.29 is 10.0 Å². The summed E-state index contributed by atoms with van der Waals surface area (Å²) < 4.78 is 0. The van der Waals surface area contributed by atoms with Gasteiger partial charge in [-0.1, -0.05) is 19.9 Å². The summed E-state index contributed by atoms with van der Waals surface area (Å²) in [6, 6.07) is 4.22. The summed E-state index contributed by atoms with van der Waals surface area (Å²) in [5, 5.41) is 19.2. The Morgan fingerprint density at radius 3 is 2.31 bits per heavy atom. The van der Waals surface area contributed by atoms with Crippen LogP contribution < -0.4 is 0 Å². The van der Waals surface area contributed by atoms with Crippen LogP contribution in [0.1, 0.15) is 19.4 Å². The van der Waals surface area contributed by atoms with E-state index in [0.29, 0.717) is 0 Å². The monoisotopic (exact) mass is 183 g/mol. The molecule has 1 rings (SSSR count). The van der Waals surface area contributed by atoms with E-state index in [4.69, 9.17) is 5.11 Å². The maximum absolute atomic E-state index is 10.2. The van der Waals surface area contributed by atoms with Gasteiger partial charge in [0.1, 0.15) is 0 Å². The van der Waals surface area contributed by atoms with E-state index in [9.17, 15) is 10.1 Å². The SMILES string of the molecule is CC.Cc1ccc([N+](=O)[O-])c(O)c1. The summed E-state index contributed by atoms with van der Waals surface area (Å²) in [5.74, 6) is -0.282. The molecule has 4 nitrogen and oxygen atoms in total. The number of nitrogens with zero attached hydrogens (tertiary/aromatic N) is 1. The molecule has 0 amide bonds. The molecule has 0 aliphatic heterocycles. The second kappa shape index (κ2) is 5.13. The maximum Gasteiger partial charge on any atom is 0.310 e. The number of phenols is 1. The van der Waals surface area contributed by atoms with Crippen molar-refractivity contribution in [2.75, 3.05) is 0 Å². The van der Waals surface area contributed by atoms with Crippen molar-refractivity contribution in [3.05, 3.63) is 33.9 Å². The molecule has 13 heavy (non-hydrogen) atoms. The van der Waals surface area contributed by atoms with Crippen LogP contribution in [0.4, 0.5) is 5.69 Å². The number of hydrogen-bond donors (Lipinski definition) is 1. The van der Waals surface area contributed by atoms with E-state index >= 15 is 0 Å². The first-order valence-corrected chi connectivity index (χ1v) is 4.05. The second-order valence-electron chi connectivity index (χ2n) is 2.25. The zero-order valence-corrected chi connectivity index (χ0v) is 7.94. The molecule has 1 aromatic carbocycles. The Kier molecular flexibility index (Phi) is 4.51. The summed E-state index contributed by atoms with van der Waals surface area (Å²) in [4.78, 5) is 9.56. The quantitative estimate of drug-likeness (QED) is 0.537. The number of aryl methyl sites for hydroxylation is 1. The molecule has 0 atom stereocenters. The summed E-state index contributed by atoms with van der Waals surface area (Å²) in [5.41, 5.74) is 0.545. The number of nitro groups is 1. The molecule has 0 spiro atoms. The molecule has 0 aliphatic carbocycles. The van der Waals surface area contributed by atoms with Crippen molar-refractivity contribution in [2.24, 2.45) is 0 Å². The van der Waals surface area contributed by atoms with Gasteiger partial charge in [0, 0.05) is 6.07 Å². The van der Waals surface area contributed by atoms with E-state index in [0.717, 1.165) is 5.56 Å². The molecule has 1 aromatic rings. The highest BCUT2D eigenvalue weighted by Gasteiger charge is 2.10. The van der Waals surface area contributed by atoms with E-state index < -0.39 is 4.92 Å². The minimum Gasteiger partial charge on any atom is -0.502 e. The Morgan fingerprint density at radius 1 is 1.38 bits per heavy atom. The third-order valence-electron chi connectivity index (χ3n) is 1.33. The fraction of sp³-hybridized carbons (Fsp3) is 0.333. The van der Waals surface area contributed by atoms with Crippen LogP contribution in [-0.2, 0) is 0 Å². The largest absolute Gasteiger partial charge is 0.502 e. The molecule has 0 saturated carbocycles. The van der Waals surface area contributed by atoms with Crippen molar-refractivity contribution in [3.63, 3.8) is 0 Å². The third-order valence-corrected chi connectivity index (χ3v) is 1.33. The third kappa shape index (κ3) is 3.11. The molecule has 0 unspecified atom stereocenters. The topological polar surface area (TPSA) is 63.4 Å². The minimum atomic E-state index is -0.616. The fourth-order valence-electron chi connectivity index (χ4n) is 0.788. The molecule has 0 aliphatic rings. The lowest BCUT2D eigenvalue weighted by atomic mass is 10.2. The average Bonchev–Trinajstić information content (AvgIpc) is 2.07. The second-order valence-corrected chi connectivity index (χ2v) is 2.25. The van der Waals surface area contributed by atoms with Crippen LogP contribution in [0.3, 0.4) is 0 Å². The molecule has 0 bridgehead atoms. The number of benzene rings is 1. The molecule has 0 radical (unpaired) electrons. The summed E-state index contributed by atoms with van der Waals surface area (Å²) >= 11 is 0. The lowest BCUT2D eigenvalue weighted by Gasteiger charge is -1.95.